The van der Waals surface area contributed by atoms with Gasteiger partial charge in [-0.3, -0.25) is 0 Å². The van der Waals surface area contributed by atoms with Gasteiger partial charge in [-0.05, 0) is 6.42 Å². The summed E-state index contributed by atoms with van der Waals surface area (Å²) in [6.45, 7) is 2.14. The number of aliphatic hydroxyl groups excluding tert-OH is 1. The molecule has 0 fully saturated rings. The van der Waals surface area contributed by atoms with Crippen molar-refractivity contribution in [1.82, 2.24) is 0 Å². The van der Waals surface area contributed by atoms with Crippen molar-refractivity contribution in [3.63, 3.8) is 0 Å². The van der Waals surface area contributed by atoms with Crippen LogP contribution in [0.5, 0.6) is 0 Å². The van der Waals surface area contributed by atoms with Crippen LogP contribution in [0.4, 0.5) is 0 Å². The number of rotatable bonds is 3. The van der Waals surface area contributed by atoms with Gasteiger partial charge in [-0.2, -0.15) is 0 Å². The normalized spacial score (nSPS) is 11.0. The summed E-state index contributed by atoms with van der Waals surface area (Å²) in [5, 5.41) is 8.80. The van der Waals surface area contributed by atoms with Crippen molar-refractivity contribution in [2.24, 2.45) is 0 Å². The topological polar surface area (TPSA) is 20.2 Å². The highest BCUT2D eigenvalue weighted by molar-refractivity contribution is 5.15. The molecule has 1 nitrogen and oxygen atoms in total. The first-order chi connectivity index (χ1) is 5.31. The highest BCUT2D eigenvalue weighted by Crippen LogP contribution is 1.96. The zero-order valence-corrected chi connectivity index (χ0v) is 6.93. The maximum absolute atomic E-state index is 8.80. The Balaban J connectivity index is 3.34. The van der Waals surface area contributed by atoms with Crippen LogP contribution in [0.15, 0.2) is 0 Å². The highest BCUT2D eigenvalue weighted by atomic mass is 16.3. The fourth-order valence-corrected chi connectivity index (χ4v) is 0.674. The van der Waals surface area contributed by atoms with Crippen LogP contribution in [-0.2, 0) is 0 Å². The van der Waals surface area contributed by atoms with Gasteiger partial charge in [0.05, 0.1) is 0 Å². The lowest BCUT2D eigenvalue weighted by Gasteiger charge is -1.89. The Kier molecular flexibility index (Phi) is 6.59. The predicted molar refractivity (Wildman–Crippen MR) is 46.8 cm³/mol. The lowest BCUT2D eigenvalue weighted by Crippen LogP contribution is -1.96. The summed E-state index contributed by atoms with van der Waals surface area (Å²) in [5.74, 6) is 7.53. The van der Waals surface area contributed by atoms with Gasteiger partial charge in [0.15, 0.2) is 6.10 Å². The Morgan fingerprint density at radius 1 is 1.45 bits per heavy atom. The molecule has 0 aliphatic heterocycles. The SMILES string of the molecule is C#CC(O)C#CCCCCC. The van der Waals surface area contributed by atoms with Crippen molar-refractivity contribution >= 4 is 0 Å². The van der Waals surface area contributed by atoms with Crippen molar-refractivity contribution in [2.75, 3.05) is 0 Å². The van der Waals surface area contributed by atoms with E-state index in [1.165, 1.54) is 12.8 Å². The van der Waals surface area contributed by atoms with E-state index in [2.05, 4.69) is 24.7 Å². The van der Waals surface area contributed by atoms with Crippen LogP contribution >= 0.6 is 0 Å². The van der Waals surface area contributed by atoms with Gasteiger partial charge in [-0.1, -0.05) is 37.5 Å². The van der Waals surface area contributed by atoms with Gasteiger partial charge in [0.2, 0.25) is 0 Å². The Morgan fingerprint density at radius 2 is 2.18 bits per heavy atom. The summed E-state index contributed by atoms with van der Waals surface area (Å²) in [4.78, 5) is 0. The van der Waals surface area contributed by atoms with Gasteiger partial charge in [0.25, 0.3) is 0 Å². The standard InChI is InChI=1S/C10H14O/c1-3-5-6-7-8-9-10(11)4-2/h2,10-11H,3,5-7H2,1H3. The molecule has 0 aliphatic carbocycles. The molecule has 0 aromatic rings. The smallest absolute Gasteiger partial charge is 0.176 e. The quantitative estimate of drug-likeness (QED) is 0.478. The van der Waals surface area contributed by atoms with Crippen LogP contribution in [0.1, 0.15) is 32.6 Å². The fraction of sp³-hybridized carbons (Fsp3) is 0.600. The average molecular weight is 150 g/mol. The third-order valence-electron chi connectivity index (χ3n) is 1.30. The van der Waals surface area contributed by atoms with Gasteiger partial charge >= 0.3 is 0 Å². The lowest BCUT2D eigenvalue weighted by molar-refractivity contribution is 0.289. The largest absolute Gasteiger partial charge is 0.369 e. The fourth-order valence-electron chi connectivity index (χ4n) is 0.674. The molecule has 1 unspecified atom stereocenters. The van der Waals surface area contributed by atoms with E-state index in [4.69, 9.17) is 11.5 Å². The Morgan fingerprint density at radius 3 is 2.73 bits per heavy atom. The molecule has 0 saturated carbocycles. The summed E-state index contributed by atoms with van der Waals surface area (Å²) < 4.78 is 0. The zero-order chi connectivity index (χ0) is 8.53. The summed E-state index contributed by atoms with van der Waals surface area (Å²) >= 11 is 0. The molecule has 0 bridgehead atoms. The first-order valence-corrected chi connectivity index (χ1v) is 3.93. The minimum atomic E-state index is -0.878. The average Bonchev–Trinajstić information content (AvgIpc) is 2.04. The molecule has 1 N–H and O–H groups in total. The molecule has 0 heterocycles. The van der Waals surface area contributed by atoms with Crippen molar-refractivity contribution in [2.45, 2.75) is 38.7 Å². The number of terminal acetylenes is 1. The van der Waals surface area contributed by atoms with Gasteiger partial charge < -0.3 is 5.11 Å². The number of unbranched alkanes of at least 4 members (excludes halogenated alkanes) is 3. The summed E-state index contributed by atoms with van der Waals surface area (Å²) in [7, 11) is 0. The summed E-state index contributed by atoms with van der Waals surface area (Å²) in [6.07, 6.45) is 8.36. The summed E-state index contributed by atoms with van der Waals surface area (Å²) in [6, 6.07) is 0. The van der Waals surface area contributed by atoms with Crippen LogP contribution in [0.3, 0.4) is 0 Å². The van der Waals surface area contributed by atoms with Crippen molar-refractivity contribution in [1.29, 1.82) is 0 Å². The van der Waals surface area contributed by atoms with Crippen LogP contribution in [0.25, 0.3) is 0 Å². The Hall–Kier alpha value is -0.920. The number of aliphatic hydroxyl groups is 1. The molecule has 0 spiro atoms. The molecule has 0 aromatic carbocycles. The molecule has 0 radical (unpaired) electrons. The van der Waals surface area contributed by atoms with Gasteiger partial charge in [0.1, 0.15) is 0 Å². The second kappa shape index (κ2) is 7.19. The first-order valence-electron chi connectivity index (χ1n) is 3.93. The second-order valence-electron chi connectivity index (χ2n) is 2.35. The molecule has 60 valence electrons. The van der Waals surface area contributed by atoms with E-state index in [1.807, 2.05) is 0 Å². The molecular formula is C10H14O. The third kappa shape index (κ3) is 6.97. The van der Waals surface area contributed by atoms with E-state index in [-0.39, 0.29) is 0 Å². The van der Waals surface area contributed by atoms with Crippen molar-refractivity contribution in [3.8, 4) is 24.2 Å². The van der Waals surface area contributed by atoms with E-state index in [0.29, 0.717) is 0 Å². The molecule has 1 atom stereocenters. The Labute approximate surface area is 68.8 Å². The van der Waals surface area contributed by atoms with E-state index in [9.17, 15) is 0 Å². The van der Waals surface area contributed by atoms with Gasteiger partial charge in [-0.15, -0.1) is 6.42 Å². The van der Waals surface area contributed by atoms with E-state index < -0.39 is 6.10 Å². The van der Waals surface area contributed by atoms with Crippen LogP contribution in [-0.4, -0.2) is 11.2 Å². The molecule has 11 heavy (non-hydrogen) atoms. The van der Waals surface area contributed by atoms with E-state index >= 15 is 0 Å². The maximum atomic E-state index is 8.80. The number of hydrogen-bond donors (Lipinski definition) is 1. The molecule has 0 aliphatic rings. The minimum Gasteiger partial charge on any atom is -0.369 e. The Bertz CT molecular complexity index is 177. The molecule has 0 aromatic heterocycles. The number of hydrogen-bond acceptors (Lipinski definition) is 1. The van der Waals surface area contributed by atoms with E-state index in [1.54, 1.807) is 0 Å². The molecular weight excluding hydrogens is 136 g/mol. The van der Waals surface area contributed by atoms with Crippen molar-refractivity contribution < 1.29 is 5.11 Å². The summed E-state index contributed by atoms with van der Waals surface area (Å²) in [5.41, 5.74) is 0. The molecule has 1 heteroatoms. The van der Waals surface area contributed by atoms with E-state index in [0.717, 1.165) is 12.8 Å². The first kappa shape index (κ1) is 10.1. The van der Waals surface area contributed by atoms with Crippen LogP contribution in [0.2, 0.25) is 0 Å². The molecule has 0 rings (SSSR count). The van der Waals surface area contributed by atoms with Crippen LogP contribution in [0, 0.1) is 24.2 Å². The van der Waals surface area contributed by atoms with Gasteiger partial charge in [-0.25, -0.2) is 0 Å². The third-order valence-corrected chi connectivity index (χ3v) is 1.30. The maximum Gasteiger partial charge on any atom is 0.176 e. The predicted octanol–water partition coefficient (Wildman–Crippen LogP) is 1.56. The second-order valence-corrected chi connectivity index (χ2v) is 2.35. The minimum absolute atomic E-state index is 0.840. The zero-order valence-electron chi connectivity index (χ0n) is 6.93. The lowest BCUT2D eigenvalue weighted by atomic mass is 10.2. The molecule has 0 saturated heterocycles. The monoisotopic (exact) mass is 150 g/mol. The van der Waals surface area contributed by atoms with Crippen molar-refractivity contribution in [3.05, 3.63) is 0 Å². The molecule has 0 amide bonds. The van der Waals surface area contributed by atoms with Crippen LogP contribution < -0.4 is 0 Å². The van der Waals surface area contributed by atoms with Gasteiger partial charge in [0, 0.05) is 6.42 Å². The highest BCUT2D eigenvalue weighted by Gasteiger charge is 1.86.